The van der Waals surface area contributed by atoms with Crippen molar-refractivity contribution in [2.24, 2.45) is 0 Å². The molecule has 1 aliphatic heterocycles. The molecule has 5 nitrogen and oxygen atoms in total. The maximum absolute atomic E-state index is 12.5. The number of hydrogen-bond donors (Lipinski definition) is 1. The number of aromatic nitrogens is 1. The monoisotopic (exact) mass is 443 g/mol. The fourth-order valence-electron chi connectivity index (χ4n) is 4.04. The average molecular weight is 444 g/mol. The molecule has 4 rings (SSSR count). The van der Waals surface area contributed by atoms with Crippen LogP contribution in [0.2, 0.25) is 5.02 Å². The minimum absolute atomic E-state index is 0.0345. The van der Waals surface area contributed by atoms with Crippen molar-refractivity contribution in [2.45, 2.75) is 25.4 Å². The number of pyridine rings is 1. The minimum atomic E-state index is -0.520. The van der Waals surface area contributed by atoms with E-state index in [0.29, 0.717) is 22.6 Å². The molecule has 0 saturated carbocycles. The number of nitrogens with zero attached hydrogens (tertiary/aromatic N) is 2. The molecule has 31 heavy (non-hydrogen) atoms. The standard InChI is InChI=1S/C24H27ClFN3O2/c1-30-23-5-2-17(14-24(23)31-13-9-26)16-29-11-7-19(8-12-29)28-21-6-10-27-22-15-18(25)3-4-20(21)22/h2-6,10,14-15,19H,7-9,11-13,16H2,1H3,(H,27,28). The Bertz CT molecular complexity index is 1020. The van der Waals surface area contributed by atoms with Crippen LogP contribution >= 0.6 is 11.6 Å². The Balaban J connectivity index is 1.35. The summed E-state index contributed by atoms with van der Waals surface area (Å²) in [7, 11) is 1.59. The van der Waals surface area contributed by atoms with Gasteiger partial charge in [0.25, 0.3) is 0 Å². The number of alkyl halides is 1. The highest BCUT2D eigenvalue weighted by atomic mass is 35.5. The third-order valence-corrected chi connectivity index (χ3v) is 5.86. The molecule has 1 N–H and O–H groups in total. The van der Waals surface area contributed by atoms with Gasteiger partial charge < -0.3 is 14.8 Å². The van der Waals surface area contributed by atoms with E-state index >= 15 is 0 Å². The zero-order valence-electron chi connectivity index (χ0n) is 17.6. The number of piperidine rings is 1. The Labute approximate surface area is 187 Å². The zero-order valence-corrected chi connectivity index (χ0v) is 18.4. The fraction of sp³-hybridized carbons (Fsp3) is 0.375. The maximum Gasteiger partial charge on any atom is 0.161 e. The van der Waals surface area contributed by atoms with E-state index in [0.717, 1.165) is 54.6 Å². The van der Waals surface area contributed by atoms with E-state index in [2.05, 4.69) is 15.2 Å². The van der Waals surface area contributed by atoms with E-state index < -0.39 is 6.67 Å². The molecule has 0 atom stereocenters. The molecule has 2 heterocycles. The predicted molar refractivity (Wildman–Crippen MR) is 123 cm³/mol. The summed E-state index contributed by atoms with van der Waals surface area (Å²) in [5, 5.41) is 5.48. The van der Waals surface area contributed by atoms with Crippen molar-refractivity contribution in [1.29, 1.82) is 0 Å². The van der Waals surface area contributed by atoms with Gasteiger partial charge in [0, 0.05) is 48.0 Å². The molecule has 3 aromatic rings. The molecular formula is C24H27ClFN3O2. The average Bonchev–Trinajstić information content (AvgIpc) is 2.79. The highest BCUT2D eigenvalue weighted by Crippen LogP contribution is 2.30. The number of fused-ring (bicyclic) bond motifs is 1. The Kier molecular flexibility index (Phi) is 7.10. The van der Waals surface area contributed by atoms with Crippen molar-refractivity contribution in [3.8, 4) is 11.5 Å². The van der Waals surface area contributed by atoms with Crippen molar-refractivity contribution in [2.75, 3.05) is 38.8 Å². The lowest BCUT2D eigenvalue weighted by molar-refractivity contribution is 0.210. The molecule has 2 aromatic carbocycles. The van der Waals surface area contributed by atoms with Crippen LogP contribution in [-0.2, 0) is 6.54 Å². The van der Waals surface area contributed by atoms with Crippen LogP contribution in [-0.4, -0.2) is 49.4 Å². The molecule has 0 spiro atoms. The fourth-order valence-corrected chi connectivity index (χ4v) is 4.21. The van der Waals surface area contributed by atoms with Gasteiger partial charge in [0.2, 0.25) is 0 Å². The summed E-state index contributed by atoms with van der Waals surface area (Å²) in [5.41, 5.74) is 3.14. The number of ether oxygens (including phenoxy) is 2. The second-order valence-electron chi connectivity index (χ2n) is 7.74. The lowest BCUT2D eigenvalue weighted by Gasteiger charge is -2.33. The van der Waals surface area contributed by atoms with Crippen molar-refractivity contribution < 1.29 is 13.9 Å². The molecule has 7 heteroatoms. The molecule has 0 radical (unpaired) electrons. The Hall–Kier alpha value is -2.57. The number of halogens is 2. The summed E-state index contributed by atoms with van der Waals surface area (Å²) in [6, 6.07) is 14.1. The van der Waals surface area contributed by atoms with E-state index in [1.807, 2.05) is 48.7 Å². The first kappa shape index (κ1) is 21.7. The predicted octanol–water partition coefficient (Wildman–Crippen LogP) is 5.32. The molecule has 164 valence electrons. The molecule has 0 bridgehead atoms. The highest BCUT2D eigenvalue weighted by molar-refractivity contribution is 6.31. The summed E-state index contributed by atoms with van der Waals surface area (Å²) in [6.45, 7) is 2.35. The smallest absolute Gasteiger partial charge is 0.161 e. The molecular weight excluding hydrogens is 417 g/mol. The molecule has 1 saturated heterocycles. The quantitative estimate of drug-likeness (QED) is 0.510. The first-order valence-corrected chi connectivity index (χ1v) is 10.9. The number of methoxy groups -OCH3 is 1. The van der Waals surface area contributed by atoms with Gasteiger partial charge in [-0.1, -0.05) is 17.7 Å². The molecule has 0 aliphatic carbocycles. The van der Waals surface area contributed by atoms with Gasteiger partial charge in [0.15, 0.2) is 11.5 Å². The molecule has 0 unspecified atom stereocenters. The van der Waals surface area contributed by atoms with Crippen molar-refractivity contribution in [1.82, 2.24) is 9.88 Å². The third kappa shape index (κ3) is 5.38. The van der Waals surface area contributed by atoms with Gasteiger partial charge in [-0.2, -0.15) is 0 Å². The first-order chi connectivity index (χ1) is 15.2. The van der Waals surface area contributed by atoms with Crippen LogP contribution in [0.1, 0.15) is 18.4 Å². The summed E-state index contributed by atoms with van der Waals surface area (Å²) in [6.07, 6.45) is 3.93. The van der Waals surface area contributed by atoms with Crippen LogP contribution < -0.4 is 14.8 Å². The van der Waals surface area contributed by atoms with Gasteiger partial charge in [0.1, 0.15) is 13.3 Å². The summed E-state index contributed by atoms with van der Waals surface area (Å²) >= 11 is 6.10. The van der Waals surface area contributed by atoms with Crippen LogP contribution in [0.5, 0.6) is 11.5 Å². The van der Waals surface area contributed by atoms with Gasteiger partial charge in [-0.05, 0) is 54.8 Å². The van der Waals surface area contributed by atoms with E-state index in [1.54, 1.807) is 7.11 Å². The SMILES string of the molecule is COc1ccc(CN2CCC(Nc3ccnc4cc(Cl)ccc34)CC2)cc1OCCF. The lowest BCUT2D eigenvalue weighted by Crippen LogP contribution is -2.38. The van der Waals surface area contributed by atoms with Gasteiger partial charge in [-0.3, -0.25) is 9.88 Å². The number of hydrogen-bond acceptors (Lipinski definition) is 5. The Morgan fingerprint density at radius 2 is 1.97 bits per heavy atom. The third-order valence-electron chi connectivity index (χ3n) is 5.62. The van der Waals surface area contributed by atoms with E-state index in [1.165, 1.54) is 0 Å². The summed E-state index contributed by atoms with van der Waals surface area (Å²) in [5.74, 6) is 1.23. The normalized spacial score (nSPS) is 15.2. The highest BCUT2D eigenvalue weighted by Gasteiger charge is 2.20. The largest absolute Gasteiger partial charge is 0.493 e. The number of likely N-dealkylation sites (tertiary alicyclic amines) is 1. The van der Waals surface area contributed by atoms with Crippen molar-refractivity contribution in [3.63, 3.8) is 0 Å². The number of benzene rings is 2. The van der Waals surface area contributed by atoms with Crippen molar-refractivity contribution in [3.05, 3.63) is 59.2 Å². The second kappa shape index (κ2) is 10.2. The van der Waals surface area contributed by atoms with Gasteiger partial charge in [0.05, 0.1) is 12.6 Å². The van der Waals surface area contributed by atoms with Crippen LogP contribution in [0.25, 0.3) is 10.9 Å². The topological polar surface area (TPSA) is 46.6 Å². The summed E-state index contributed by atoms with van der Waals surface area (Å²) < 4.78 is 23.3. The number of anilines is 1. The van der Waals surface area contributed by atoms with E-state index in [4.69, 9.17) is 21.1 Å². The van der Waals surface area contributed by atoms with Crippen LogP contribution in [0, 0.1) is 0 Å². The van der Waals surface area contributed by atoms with E-state index in [9.17, 15) is 4.39 Å². The molecule has 1 aliphatic rings. The maximum atomic E-state index is 12.5. The van der Waals surface area contributed by atoms with Gasteiger partial charge in [-0.15, -0.1) is 0 Å². The number of rotatable bonds is 8. The van der Waals surface area contributed by atoms with Crippen molar-refractivity contribution >= 4 is 28.2 Å². The lowest BCUT2D eigenvalue weighted by atomic mass is 10.0. The molecule has 1 fully saturated rings. The van der Waals surface area contributed by atoms with Crippen LogP contribution in [0.4, 0.5) is 10.1 Å². The second-order valence-corrected chi connectivity index (χ2v) is 8.17. The number of nitrogens with one attached hydrogen (secondary N) is 1. The Morgan fingerprint density at radius 1 is 1.13 bits per heavy atom. The molecule has 0 amide bonds. The van der Waals surface area contributed by atoms with Gasteiger partial charge in [-0.25, -0.2) is 4.39 Å². The van der Waals surface area contributed by atoms with Crippen LogP contribution in [0.15, 0.2) is 48.7 Å². The molecule has 1 aromatic heterocycles. The Morgan fingerprint density at radius 3 is 2.74 bits per heavy atom. The summed E-state index contributed by atoms with van der Waals surface area (Å²) in [4.78, 5) is 6.85. The minimum Gasteiger partial charge on any atom is -0.493 e. The van der Waals surface area contributed by atoms with Crippen LogP contribution in [0.3, 0.4) is 0 Å². The van der Waals surface area contributed by atoms with E-state index in [-0.39, 0.29) is 6.61 Å². The first-order valence-electron chi connectivity index (χ1n) is 10.5. The van der Waals surface area contributed by atoms with Gasteiger partial charge >= 0.3 is 0 Å². The zero-order chi connectivity index (χ0) is 21.6.